The topological polar surface area (TPSA) is 24.1 Å². The summed E-state index contributed by atoms with van der Waals surface area (Å²) in [5.41, 5.74) is 0. The van der Waals surface area contributed by atoms with Crippen LogP contribution in [0, 0.1) is 0 Å². The van der Waals surface area contributed by atoms with Crippen LogP contribution in [-0.2, 0) is 0 Å². The van der Waals surface area contributed by atoms with E-state index in [2.05, 4.69) is 44.5 Å². The summed E-state index contributed by atoms with van der Waals surface area (Å²) in [5.74, 6) is 0.598. The highest BCUT2D eigenvalue weighted by Crippen LogP contribution is 2.37. The molecule has 0 aromatic carbocycles. The van der Waals surface area contributed by atoms with E-state index in [-0.39, 0.29) is 0 Å². The van der Waals surface area contributed by atoms with Gasteiger partial charge in [0.05, 0.1) is 8.07 Å². The second kappa shape index (κ2) is 3.71. The van der Waals surface area contributed by atoms with Crippen LogP contribution in [0.1, 0.15) is 27.2 Å². The maximum atomic E-state index is 3.62. The minimum atomic E-state index is -1.23. The summed E-state index contributed by atoms with van der Waals surface area (Å²) < 4.78 is 0. The van der Waals surface area contributed by atoms with E-state index in [1.54, 1.807) is 0 Å². The molecule has 1 aliphatic rings. The summed E-state index contributed by atoms with van der Waals surface area (Å²) in [5, 5.41) is 7.70. The predicted molar refractivity (Wildman–Crippen MR) is 61.6 cm³/mol. The van der Waals surface area contributed by atoms with Gasteiger partial charge in [-0.25, -0.2) is 0 Å². The van der Waals surface area contributed by atoms with Crippen LogP contribution in [0.5, 0.6) is 0 Å². The third kappa shape index (κ3) is 2.33. The summed E-state index contributed by atoms with van der Waals surface area (Å²) in [6.07, 6.45) is 1.27. The largest absolute Gasteiger partial charge is 0.305 e. The van der Waals surface area contributed by atoms with Gasteiger partial charge in [0.2, 0.25) is 0 Å². The van der Waals surface area contributed by atoms with Crippen molar-refractivity contribution in [1.29, 1.82) is 0 Å². The zero-order valence-electron chi connectivity index (χ0n) is 9.70. The first-order valence-electron chi connectivity index (χ1n) is 5.32. The molecule has 78 valence electrons. The lowest BCUT2D eigenvalue weighted by Gasteiger charge is -2.45. The molecule has 3 heteroatoms. The molecule has 1 aliphatic heterocycles. The Hall–Kier alpha value is 0.137. The minimum absolute atomic E-state index is 0.467. The summed E-state index contributed by atoms with van der Waals surface area (Å²) in [6.45, 7) is 14.4. The molecule has 0 aromatic heterocycles. The van der Waals surface area contributed by atoms with Crippen LogP contribution in [0.2, 0.25) is 18.1 Å². The molecule has 0 bridgehead atoms. The molecule has 2 nitrogen and oxygen atoms in total. The molecular weight excluding hydrogens is 176 g/mol. The van der Waals surface area contributed by atoms with Gasteiger partial charge in [-0.05, 0) is 24.5 Å². The van der Waals surface area contributed by atoms with Crippen LogP contribution in [0.4, 0.5) is 0 Å². The molecule has 1 rings (SSSR count). The van der Waals surface area contributed by atoms with Gasteiger partial charge in [0, 0.05) is 5.79 Å². The molecule has 1 heterocycles. The van der Waals surface area contributed by atoms with Crippen molar-refractivity contribution in [2.75, 3.05) is 13.1 Å². The first kappa shape index (κ1) is 11.2. The van der Waals surface area contributed by atoms with Gasteiger partial charge in [0.25, 0.3) is 0 Å². The Morgan fingerprint density at radius 2 is 1.54 bits per heavy atom. The molecule has 0 amide bonds. The Kier molecular flexibility index (Phi) is 3.20. The van der Waals surface area contributed by atoms with Crippen molar-refractivity contribution in [2.45, 2.75) is 51.1 Å². The molecule has 0 unspecified atom stereocenters. The van der Waals surface area contributed by atoms with E-state index in [1.807, 2.05) is 0 Å². The fraction of sp³-hybridized carbons (Fsp3) is 1.00. The van der Waals surface area contributed by atoms with Gasteiger partial charge in [-0.3, -0.25) is 0 Å². The fourth-order valence-corrected chi connectivity index (χ4v) is 3.77. The lowest BCUT2D eigenvalue weighted by Crippen LogP contribution is -2.65. The molecule has 1 saturated heterocycles. The fourth-order valence-electron chi connectivity index (χ4n) is 1.60. The quantitative estimate of drug-likeness (QED) is 0.632. The van der Waals surface area contributed by atoms with Crippen molar-refractivity contribution in [3.8, 4) is 0 Å². The molecule has 1 fully saturated rings. The molecule has 0 saturated carbocycles. The Morgan fingerprint density at radius 1 is 1.08 bits per heavy atom. The van der Waals surface area contributed by atoms with E-state index in [1.165, 1.54) is 19.5 Å². The number of hydrogen-bond donors (Lipinski definition) is 2. The van der Waals surface area contributed by atoms with Gasteiger partial charge in [-0.2, -0.15) is 0 Å². The van der Waals surface area contributed by atoms with Crippen LogP contribution < -0.4 is 10.6 Å². The highest BCUT2D eigenvalue weighted by Gasteiger charge is 2.42. The zero-order valence-corrected chi connectivity index (χ0v) is 10.7. The van der Waals surface area contributed by atoms with E-state index in [0.29, 0.717) is 10.8 Å². The Balaban J connectivity index is 2.67. The monoisotopic (exact) mass is 200 g/mol. The standard InChI is InChI=1S/C10H24N2Si/c1-10(2,3)13(4,5)9-11-7-6-8-12-9/h9,11-12H,6-8H2,1-5H3. The molecule has 0 aromatic rings. The first-order chi connectivity index (χ1) is 5.86. The normalized spacial score (nSPS) is 21.9. The number of nitrogens with one attached hydrogen (secondary N) is 2. The van der Waals surface area contributed by atoms with Crippen molar-refractivity contribution >= 4 is 8.07 Å². The van der Waals surface area contributed by atoms with E-state index in [4.69, 9.17) is 0 Å². The SMILES string of the molecule is CC(C)(C)[Si](C)(C)C1NCCCN1. The average Bonchev–Trinajstić information content (AvgIpc) is 2.04. The minimum Gasteiger partial charge on any atom is -0.305 e. The van der Waals surface area contributed by atoms with Crippen molar-refractivity contribution in [1.82, 2.24) is 10.6 Å². The van der Waals surface area contributed by atoms with Crippen LogP contribution in [0.25, 0.3) is 0 Å². The molecule has 0 spiro atoms. The lowest BCUT2D eigenvalue weighted by molar-refractivity contribution is 0.432. The third-order valence-corrected chi connectivity index (χ3v) is 9.42. The molecule has 2 N–H and O–H groups in total. The van der Waals surface area contributed by atoms with Gasteiger partial charge >= 0.3 is 0 Å². The Labute approximate surface area is 83.5 Å². The molecular formula is C10H24N2Si. The van der Waals surface area contributed by atoms with Crippen LogP contribution in [0.15, 0.2) is 0 Å². The highest BCUT2D eigenvalue weighted by atomic mass is 28.3. The maximum absolute atomic E-state index is 3.62. The van der Waals surface area contributed by atoms with E-state index >= 15 is 0 Å². The van der Waals surface area contributed by atoms with Crippen LogP contribution >= 0.6 is 0 Å². The number of hydrogen-bond acceptors (Lipinski definition) is 2. The second-order valence-electron chi connectivity index (χ2n) is 5.67. The van der Waals surface area contributed by atoms with Crippen LogP contribution in [0.3, 0.4) is 0 Å². The summed E-state index contributed by atoms with van der Waals surface area (Å²) in [6, 6.07) is 0. The van der Waals surface area contributed by atoms with Crippen molar-refractivity contribution < 1.29 is 0 Å². The lowest BCUT2D eigenvalue weighted by atomic mass is 10.2. The van der Waals surface area contributed by atoms with Crippen LogP contribution in [-0.4, -0.2) is 27.0 Å². The van der Waals surface area contributed by atoms with Gasteiger partial charge < -0.3 is 10.6 Å². The highest BCUT2D eigenvalue weighted by molar-refractivity contribution is 6.81. The molecule has 0 aliphatic carbocycles. The van der Waals surface area contributed by atoms with E-state index in [9.17, 15) is 0 Å². The average molecular weight is 200 g/mol. The summed E-state index contributed by atoms with van der Waals surface area (Å²) >= 11 is 0. The molecule has 0 radical (unpaired) electrons. The maximum Gasteiger partial charge on any atom is 0.0898 e. The first-order valence-corrected chi connectivity index (χ1v) is 8.40. The third-order valence-electron chi connectivity index (χ3n) is 3.71. The molecule has 0 atom stereocenters. The number of rotatable bonds is 1. The molecule has 13 heavy (non-hydrogen) atoms. The summed E-state index contributed by atoms with van der Waals surface area (Å²) in [7, 11) is -1.23. The predicted octanol–water partition coefficient (Wildman–Crippen LogP) is 1.94. The van der Waals surface area contributed by atoms with Crippen molar-refractivity contribution in [3.05, 3.63) is 0 Å². The van der Waals surface area contributed by atoms with E-state index in [0.717, 1.165) is 0 Å². The Bertz CT molecular complexity index is 166. The smallest absolute Gasteiger partial charge is 0.0898 e. The van der Waals surface area contributed by atoms with Crippen molar-refractivity contribution in [2.24, 2.45) is 0 Å². The van der Waals surface area contributed by atoms with E-state index < -0.39 is 8.07 Å². The Morgan fingerprint density at radius 3 is 1.92 bits per heavy atom. The summed E-state index contributed by atoms with van der Waals surface area (Å²) in [4.78, 5) is 0. The van der Waals surface area contributed by atoms with Crippen molar-refractivity contribution in [3.63, 3.8) is 0 Å². The van der Waals surface area contributed by atoms with Gasteiger partial charge in [-0.15, -0.1) is 0 Å². The zero-order chi connectivity index (χ0) is 10.1. The van der Waals surface area contributed by atoms with Gasteiger partial charge in [0.1, 0.15) is 0 Å². The van der Waals surface area contributed by atoms with Gasteiger partial charge in [0.15, 0.2) is 0 Å². The second-order valence-corrected chi connectivity index (χ2v) is 11.2. The van der Waals surface area contributed by atoms with Gasteiger partial charge in [-0.1, -0.05) is 33.9 Å².